The normalized spacial score (nSPS) is 48.1. The molecule has 5 aliphatic carbocycles. The van der Waals surface area contributed by atoms with Gasteiger partial charge in [0.05, 0.1) is 11.9 Å². The van der Waals surface area contributed by atoms with Crippen molar-refractivity contribution >= 4 is 23.9 Å². The average Bonchev–Trinajstić information content (AvgIpc) is 3.27. The van der Waals surface area contributed by atoms with Crippen molar-refractivity contribution in [2.24, 2.45) is 67.0 Å². The maximum Gasteiger partial charge on any atom is 0.331 e. The number of ether oxygens (including phenoxy) is 1. The third-order valence-electron chi connectivity index (χ3n) is 13.9. The van der Waals surface area contributed by atoms with Gasteiger partial charge in [0, 0.05) is 24.7 Å². The summed E-state index contributed by atoms with van der Waals surface area (Å²) in [6, 6.07) is 0. The first-order valence-electron chi connectivity index (χ1n) is 15.9. The second kappa shape index (κ2) is 10.2. The van der Waals surface area contributed by atoms with Crippen LogP contribution in [0.4, 0.5) is 0 Å². The Balaban J connectivity index is 1.53. The fraction of sp³-hybridized carbons (Fsp3) is 0.824. The zero-order valence-electron chi connectivity index (χ0n) is 26.4. The van der Waals surface area contributed by atoms with Crippen molar-refractivity contribution in [2.45, 2.75) is 113 Å². The van der Waals surface area contributed by atoms with E-state index >= 15 is 0 Å². The van der Waals surface area contributed by atoms with E-state index in [1.807, 2.05) is 6.21 Å². The molecular weight excluding hydrogens is 516 g/mol. The zero-order chi connectivity index (χ0) is 30.0. The summed E-state index contributed by atoms with van der Waals surface area (Å²) in [4.78, 5) is 28.8. The lowest BCUT2D eigenvalue weighted by atomic mass is 9.32. The van der Waals surface area contributed by atoms with Crippen molar-refractivity contribution in [1.29, 1.82) is 0 Å². The van der Waals surface area contributed by atoms with Gasteiger partial charge >= 0.3 is 11.9 Å². The fourth-order valence-corrected chi connectivity index (χ4v) is 11.9. The Labute approximate surface area is 246 Å². The van der Waals surface area contributed by atoms with Gasteiger partial charge in [0.1, 0.15) is 6.61 Å². The first-order valence-corrected chi connectivity index (χ1v) is 15.9. The molecule has 0 heterocycles. The molecule has 0 radical (unpaired) electrons. The Hall–Kier alpha value is -2.18. The number of oxime groups is 2. The largest absolute Gasteiger partial charge is 0.465 e. The topological polar surface area (TPSA) is 97.6 Å². The number of hydrogen-bond donors (Lipinski definition) is 1. The molecule has 0 amide bonds. The van der Waals surface area contributed by atoms with Gasteiger partial charge in [-0.1, -0.05) is 45.0 Å². The molecule has 0 unspecified atom stereocenters. The monoisotopic (exact) mass is 568 g/mol. The van der Waals surface area contributed by atoms with Crippen LogP contribution in [-0.2, 0) is 19.2 Å². The van der Waals surface area contributed by atoms with Crippen molar-refractivity contribution in [3.05, 3.63) is 12.2 Å². The minimum absolute atomic E-state index is 0.0254. The Bertz CT molecular complexity index is 1160. The van der Waals surface area contributed by atoms with Crippen molar-refractivity contribution in [2.75, 3.05) is 6.61 Å². The number of allylic oxidation sites excluding steroid dienone is 1. The average molecular weight is 569 g/mol. The predicted molar refractivity (Wildman–Crippen MR) is 159 cm³/mol. The minimum Gasteiger partial charge on any atom is -0.465 e. The van der Waals surface area contributed by atoms with E-state index in [1.54, 1.807) is 0 Å². The quantitative estimate of drug-likeness (QED) is 0.0921. The first kappa shape index (κ1) is 30.3. The lowest BCUT2D eigenvalue weighted by Gasteiger charge is -2.72. The van der Waals surface area contributed by atoms with Gasteiger partial charge in [-0.3, -0.25) is 4.79 Å². The van der Waals surface area contributed by atoms with Gasteiger partial charge in [0.25, 0.3) is 0 Å². The Morgan fingerprint density at radius 3 is 2.29 bits per heavy atom. The molecule has 5 fully saturated rings. The molecule has 5 rings (SSSR count). The van der Waals surface area contributed by atoms with Crippen LogP contribution in [0, 0.1) is 56.7 Å². The van der Waals surface area contributed by atoms with Crippen LogP contribution < -0.4 is 0 Å². The smallest absolute Gasteiger partial charge is 0.331 e. The van der Waals surface area contributed by atoms with Crippen LogP contribution >= 0.6 is 0 Å². The second-order valence-corrected chi connectivity index (χ2v) is 15.5. The number of fused-ring (bicyclic) bond motifs is 7. The summed E-state index contributed by atoms with van der Waals surface area (Å²) in [6.07, 6.45) is 12.6. The standard InChI is InChI=1S/C34H52N2O5/c1-21(2)24-11-16-34(19-35-39)18-17-32(7)25(29(24)34)9-10-27-30(5)14-13-28(36-41-23(4)38)31(6,20-40-22(3)37)26(30)12-15-33(27,32)8/h19,24-27,29,39H,1,9-18,20H2,2-8H3/b35-19+,36-28-/t24-,25+,26+,27+,29+,30-,31-,32+,33+,34+/m0/s1. The second-order valence-electron chi connectivity index (χ2n) is 15.5. The molecule has 0 bridgehead atoms. The van der Waals surface area contributed by atoms with E-state index in [9.17, 15) is 14.8 Å². The van der Waals surface area contributed by atoms with Gasteiger partial charge in [-0.2, -0.15) is 0 Å². The van der Waals surface area contributed by atoms with Crippen LogP contribution in [0.1, 0.15) is 113 Å². The zero-order valence-corrected chi connectivity index (χ0v) is 26.4. The summed E-state index contributed by atoms with van der Waals surface area (Å²) in [5, 5.41) is 17.8. The van der Waals surface area contributed by atoms with E-state index in [1.165, 1.54) is 32.3 Å². The lowest BCUT2D eigenvalue weighted by molar-refractivity contribution is -0.225. The number of hydrogen-bond acceptors (Lipinski definition) is 7. The van der Waals surface area contributed by atoms with Crippen molar-refractivity contribution in [3.63, 3.8) is 0 Å². The van der Waals surface area contributed by atoms with Crippen LogP contribution in [0.5, 0.6) is 0 Å². The van der Waals surface area contributed by atoms with Crippen molar-refractivity contribution in [1.82, 2.24) is 0 Å². The van der Waals surface area contributed by atoms with Crippen LogP contribution in [0.2, 0.25) is 0 Å². The van der Waals surface area contributed by atoms with Gasteiger partial charge in [0.15, 0.2) is 0 Å². The maximum absolute atomic E-state index is 12.0. The molecule has 10 atom stereocenters. The lowest BCUT2D eigenvalue weighted by Crippen LogP contribution is -2.67. The van der Waals surface area contributed by atoms with E-state index in [0.29, 0.717) is 23.7 Å². The Morgan fingerprint density at radius 2 is 1.66 bits per heavy atom. The fourth-order valence-electron chi connectivity index (χ4n) is 11.9. The van der Waals surface area contributed by atoms with E-state index in [-0.39, 0.29) is 40.2 Å². The van der Waals surface area contributed by atoms with Crippen LogP contribution in [0.25, 0.3) is 0 Å². The minimum atomic E-state index is -0.483. The van der Waals surface area contributed by atoms with Crippen LogP contribution in [0.3, 0.4) is 0 Å². The summed E-state index contributed by atoms with van der Waals surface area (Å²) >= 11 is 0. The highest BCUT2D eigenvalue weighted by atomic mass is 16.7. The summed E-state index contributed by atoms with van der Waals surface area (Å²) in [5.41, 5.74) is 2.02. The van der Waals surface area contributed by atoms with Gasteiger partial charge in [0.2, 0.25) is 0 Å². The third-order valence-corrected chi connectivity index (χ3v) is 13.9. The molecule has 0 aromatic heterocycles. The molecule has 7 nitrogen and oxygen atoms in total. The molecule has 0 aliphatic heterocycles. The highest BCUT2D eigenvalue weighted by molar-refractivity contribution is 5.91. The Kier molecular flexibility index (Phi) is 7.55. The highest BCUT2D eigenvalue weighted by Gasteiger charge is 2.71. The van der Waals surface area contributed by atoms with Gasteiger partial charge in [-0.15, -0.1) is 5.16 Å². The Morgan fingerprint density at radius 1 is 0.927 bits per heavy atom. The molecule has 0 aromatic rings. The molecule has 5 saturated carbocycles. The third kappa shape index (κ3) is 4.33. The van der Waals surface area contributed by atoms with E-state index in [0.717, 1.165) is 57.1 Å². The summed E-state index contributed by atoms with van der Waals surface area (Å²) in [5.74, 6) is 1.60. The molecule has 228 valence electrons. The van der Waals surface area contributed by atoms with Crippen molar-refractivity contribution < 1.29 is 24.4 Å². The van der Waals surface area contributed by atoms with E-state index in [4.69, 9.17) is 9.57 Å². The van der Waals surface area contributed by atoms with E-state index < -0.39 is 11.4 Å². The number of rotatable bonds is 5. The van der Waals surface area contributed by atoms with Gasteiger partial charge in [-0.25, -0.2) is 4.79 Å². The number of esters is 1. The first-order chi connectivity index (χ1) is 19.2. The SMILES string of the molecule is C=C(C)[C@@H]1CC[C@]2(/C=N/O)CC[C@]3(C)[C@H](CC[C@@H]4[C@@]5(C)CC/C(=N/OC(C)=O)[C@@](C)(COC(C)=O)[C@@H]5CC[C@]43C)[C@@H]12. The van der Waals surface area contributed by atoms with Crippen molar-refractivity contribution in [3.8, 4) is 0 Å². The molecular formula is C34H52N2O5. The molecule has 1 N–H and O–H groups in total. The molecule has 0 spiro atoms. The van der Waals surface area contributed by atoms with E-state index in [2.05, 4.69) is 51.5 Å². The van der Waals surface area contributed by atoms with Crippen LogP contribution in [0.15, 0.2) is 22.5 Å². The van der Waals surface area contributed by atoms with Gasteiger partial charge < -0.3 is 14.8 Å². The summed E-state index contributed by atoms with van der Waals surface area (Å²) in [6.45, 7) is 19.6. The molecule has 5 aliphatic rings. The molecule has 41 heavy (non-hydrogen) atoms. The molecule has 0 aromatic carbocycles. The number of nitrogens with zero attached hydrogens (tertiary/aromatic N) is 2. The number of carbonyl (C=O) groups is 2. The highest BCUT2D eigenvalue weighted by Crippen LogP contribution is 2.77. The van der Waals surface area contributed by atoms with Gasteiger partial charge in [-0.05, 0) is 117 Å². The van der Waals surface area contributed by atoms with Crippen LogP contribution in [-0.4, -0.2) is 35.7 Å². The maximum atomic E-state index is 12.0. The number of carbonyl (C=O) groups excluding carboxylic acids is 2. The molecule has 7 heteroatoms. The predicted octanol–water partition coefficient (Wildman–Crippen LogP) is 7.57. The summed E-state index contributed by atoms with van der Waals surface area (Å²) < 4.78 is 5.70. The summed E-state index contributed by atoms with van der Waals surface area (Å²) in [7, 11) is 0. The molecule has 0 saturated heterocycles.